The van der Waals surface area contributed by atoms with Crippen molar-refractivity contribution in [2.75, 3.05) is 39.4 Å². The van der Waals surface area contributed by atoms with Crippen molar-refractivity contribution in [3.8, 4) is 0 Å². The third-order valence-corrected chi connectivity index (χ3v) is 4.16. The number of benzene rings is 1. The summed E-state index contributed by atoms with van der Waals surface area (Å²) in [5.74, 6) is -0.673. The van der Waals surface area contributed by atoms with Gasteiger partial charge in [0.05, 0.1) is 19.8 Å². The van der Waals surface area contributed by atoms with E-state index in [9.17, 15) is 14.0 Å². The number of amides is 1. The highest BCUT2D eigenvalue weighted by molar-refractivity contribution is 5.91. The lowest BCUT2D eigenvalue weighted by molar-refractivity contribution is 0.0383. The van der Waals surface area contributed by atoms with Crippen molar-refractivity contribution in [2.24, 2.45) is 0 Å². The number of carbonyl (C=O) groups excluding carboxylic acids is 1. The number of ether oxygens (including phenoxy) is 1. The molecule has 1 aliphatic rings. The van der Waals surface area contributed by atoms with Crippen LogP contribution >= 0.6 is 0 Å². The zero-order chi connectivity index (χ0) is 18.4. The first-order chi connectivity index (χ1) is 12.6. The molecule has 0 spiro atoms. The fourth-order valence-corrected chi connectivity index (χ4v) is 2.69. The Morgan fingerprint density at radius 2 is 1.88 bits per heavy atom. The lowest BCUT2D eigenvalue weighted by Crippen LogP contribution is -2.41. The zero-order valence-corrected chi connectivity index (χ0v) is 14.4. The van der Waals surface area contributed by atoms with Crippen molar-refractivity contribution in [1.29, 1.82) is 0 Å². The minimum Gasteiger partial charge on any atom is -0.379 e. The van der Waals surface area contributed by atoms with Crippen LogP contribution in [0.4, 0.5) is 4.39 Å². The van der Waals surface area contributed by atoms with Gasteiger partial charge in [-0.05, 0) is 23.8 Å². The Kier molecular flexibility index (Phi) is 6.08. The summed E-state index contributed by atoms with van der Waals surface area (Å²) < 4.78 is 19.5. The minimum atomic E-state index is -0.345. The van der Waals surface area contributed by atoms with Gasteiger partial charge in [-0.3, -0.25) is 14.5 Å². The molecule has 1 aromatic heterocycles. The van der Waals surface area contributed by atoms with Crippen molar-refractivity contribution in [3.63, 3.8) is 0 Å². The largest absolute Gasteiger partial charge is 0.379 e. The topological polar surface area (TPSA) is 76.5 Å². The van der Waals surface area contributed by atoms with E-state index in [1.807, 2.05) is 0 Å². The average Bonchev–Trinajstić information content (AvgIpc) is 2.66. The van der Waals surface area contributed by atoms with E-state index in [0.29, 0.717) is 19.8 Å². The summed E-state index contributed by atoms with van der Waals surface area (Å²) in [6.45, 7) is 4.55. The maximum atomic E-state index is 13.0. The molecule has 1 aliphatic heterocycles. The molecule has 0 atom stereocenters. The van der Waals surface area contributed by atoms with Crippen LogP contribution < -0.4 is 10.9 Å². The zero-order valence-electron chi connectivity index (χ0n) is 14.4. The molecule has 0 radical (unpaired) electrons. The Labute approximate surface area is 150 Å². The van der Waals surface area contributed by atoms with E-state index in [4.69, 9.17) is 4.74 Å². The molecular formula is C18H21FN4O3. The maximum absolute atomic E-state index is 13.0. The number of morpholine rings is 1. The quantitative estimate of drug-likeness (QED) is 0.812. The van der Waals surface area contributed by atoms with Crippen LogP contribution in [0, 0.1) is 5.82 Å². The Hall–Kier alpha value is -2.58. The first-order valence-corrected chi connectivity index (χ1v) is 8.53. The predicted molar refractivity (Wildman–Crippen MR) is 93.6 cm³/mol. The molecule has 1 saturated heterocycles. The molecular weight excluding hydrogens is 339 g/mol. The summed E-state index contributed by atoms with van der Waals surface area (Å²) in [4.78, 5) is 26.4. The third-order valence-electron chi connectivity index (χ3n) is 4.16. The van der Waals surface area contributed by atoms with Gasteiger partial charge in [0.2, 0.25) is 0 Å². The van der Waals surface area contributed by atoms with Crippen LogP contribution in [-0.4, -0.2) is 60.0 Å². The van der Waals surface area contributed by atoms with E-state index in [1.165, 1.54) is 28.9 Å². The Morgan fingerprint density at radius 3 is 2.62 bits per heavy atom. The van der Waals surface area contributed by atoms with Gasteiger partial charge in [-0.2, -0.15) is 5.10 Å². The molecule has 1 N–H and O–H groups in total. The van der Waals surface area contributed by atoms with Crippen LogP contribution in [0.2, 0.25) is 0 Å². The van der Waals surface area contributed by atoms with Crippen molar-refractivity contribution in [2.45, 2.75) is 6.54 Å². The monoisotopic (exact) mass is 360 g/mol. The lowest BCUT2D eigenvalue weighted by atomic mass is 10.2. The van der Waals surface area contributed by atoms with E-state index < -0.39 is 0 Å². The first-order valence-electron chi connectivity index (χ1n) is 8.53. The summed E-state index contributed by atoms with van der Waals surface area (Å²) in [7, 11) is 0. The van der Waals surface area contributed by atoms with E-state index in [2.05, 4.69) is 15.3 Å². The molecule has 0 aliphatic carbocycles. The highest BCUT2D eigenvalue weighted by Gasteiger charge is 2.12. The van der Waals surface area contributed by atoms with Gasteiger partial charge < -0.3 is 10.1 Å². The smallest absolute Gasteiger partial charge is 0.271 e. The van der Waals surface area contributed by atoms with Crippen LogP contribution in [-0.2, 0) is 11.3 Å². The van der Waals surface area contributed by atoms with Gasteiger partial charge in [0.1, 0.15) is 11.5 Å². The number of carbonyl (C=O) groups is 1. The van der Waals surface area contributed by atoms with Crippen LogP contribution in [0.15, 0.2) is 41.2 Å². The number of aromatic nitrogens is 2. The lowest BCUT2D eigenvalue weighted by Gasteiger charge is -2.26. The van der Waals surface area contributed by atoms with Gasteiger partial charge >= 0.3 is 0 Å². The molecule has 0 saturated carbocycles. The van der Waals surface area contributed by atoms with Gasteiger partial charge in [-0.15, -0.1) is 0 Å². The maximum Gasteiger partial charge on any atom is 0.271 e. The molecule has 138 valence electrons. The van der Waals surface area contributed by atoms with E-state index in [1.54, 1.807) is 12.1 Å². The molecule has 1 fully saturated rings. The van der Waals surface area contributed by atoms with Crippen LogP contribution in [0.3, 0.4) is 0 Å². The molecule has 2 aromatic rings. The summed E-state index contributed by atoms with van der Waals surface area (Å²) in [5, 5.41) is 6.94. The summed E-state index contributed by atoms with van der Waals surface area (Å²) in [5.41, 5.74) is 0.582. The van der Waals surface area contributed by atoms with Gasteiger partial charge in [0.25, 0.3) is 11.5 Å². The predicted octanol–water partition coefficient (Wildman–Crippen LogP) is 0.493. The van der Waals surface area contributed by atoms with Crippen molar-refractivity contribution < 1.29 is 13.9 Å². The number of hydrogen-bond donors (Lipinski definition) is 1. The van der Waals surface area contributed by atoms with Crippen molar-refractivity contribution in [1.82, 2.24) is 20.0 Å². The normalized spacial score (nSPS) is 15.0. The number of hydrogen-bond acceptors (Lipinski definition) is 5. The SMILES string of the molecule is O=C(NCCN1CCOCC1)c1ccc(=O)n(Cc2ccc(F)cc2)n1. The second-order valence-corrected chi connectivity index (χ2v) is 6.05. The molecule has 8 heteroatoms. The fourth-order valence-electron chi connectivity index (χ4n) is 2.69. The highest BCUT2D eigenvalue weighted by atomic mass is 19.1. The van der Waals surface area contributed by atoms with Crippen LogP contribution in [0.25, 0.3) is 0 Å². The Morgan fingerprint density at radius 1 is 1.15 bits per heavy atom. The summed E-state index contributed by atoms with van der Waals surface area (Å²) in [6.07, 6.45) is 0. The molecule has 26 heavy (non-hydrogen) atoms. The van der Waals surface area contributed by atoms with Gasteiger partial charge in [0, 0.05) is 32.2 Å². The highest BCUT2D eigenvalue weighted by Crippen LogP contribution is 2.04. The van der Waals surface area contributed by atoms with Gasteiger partial charge in [-0.1, -0.05) is 12.1 Å². The standard InChI is InChI=1S/C18H21FN4O3/c19-15-3-1-14(2-4-15)13-23-17(24)6-5-16(21-23)18(25)20-7-8-22-9-11-26-12-10-22/h1-6H,7-13H2,(H,20,25). The molecule has 0 unspecified atom stereocenters. The number of nitrogens with one attached hydrogen (secondary N) is 1. The van der Waals surface area contributed by atoms with E-state index >= 15 is 0 Å². The molecule has 2 heterocycles. The molecule has 7 nitrogen and oxygen atoms in total. The Balaban J connectivity index is 1.59. The number of nitrogens with zero attached hydrogens (tertiary/aromatic N) is 3. The second-order valence-electron chi connectivity index (χ2n) is 6.05. The van der Waals surface area contributed by atoms with Crippen LogP contribution in [0.5, 0.6) is 0 Å². The Bertz CT molecular complexity index is 801. The van der Waals surface area contributed by atoms with E-state index in [0.717, 1.165) is 25.2 Å². The molecule has 3 rings (SSSR count). The minimum absolute atomic E-state index is 0.175. The number of halogens is 1. The molecule has 0 bridgehead atoms. The summed E-state index contributed by atoms with van der Waals surface area (Å²) >= 11 is 0. The fraction of sp³-hybridized carbons (Fsp3) is 0.389. The first kappa shape index (κ1) is 18.2. The van der Waals surface area contributed by atoms with Gasteiger partial charge in [-0.25, -0.2) is 9.07 Å². The van der Waals surface area contributed by atoms with Crippen LogP contribution in [0.1, 0.15) is 16.1 Å². The molecule has 1 amide bonds. The average molecular weight is 360 g/mol. The van der Waals surface area contributed by atoms with Crippen molar-refractivity contribution >= 4 is 5.91 Å². The summed E-state index contributed by atoms with van der Waals surface area (Å²) in [6, 6.07) is 8.53. The third kappa shape index (κ3) is 4.96. The van der Waals surface area contributed by atoms with E-state index in [-0.39, 0.29) is 29.5 Å². The second kappa shape index (κ2) is 8.68. The van der Waals surface area contributed by atoms with Gasteiger partial charge in [0.15, 0.2) is 0 Å². The van der Waals surface area contributed by atoms with Crippen molar-refractivity contribution in [3.05, 3.63) is 63.8 Å². The number of rotatable bonds is 6. The molecule has 1 aromatic carbocycles.